The molecule has 0 saturated carbocycles. The van der Waals surface area contributed by atoms with Crippen molar-refractivity contribution in [3.8, 4) is 0 Å². The van der Waals surface area contributed by atoms with Crippen LogP contribution in [0.5, 0.6) is 0 Å². The van der Waals surface area contributed by atoms with E-state index in [2.05, 4.69) is 16.6 Å². The topological polar surface area (TPSA) is 84.3 Å². The van der Waals surface area contributed by atoms with Crippen LogP contribution < -0.4 is 9.62 Å². The second-order valence-corrected chi connectivity index (χ2v) is 11.9. The minimum atomic E-state index is -3.69. The normalized spacial score (nSPS) is 15.9. The molecule has 8 heteroatoms. The van der Waals surface area contributed by atoms with E-state index in [9.17, 15) is 13.2 Å². The summed E-state index contributed by atoms with van der Waals surface area (Å²) in [5, 5.41) is 0. The zero-order valence-corrected chi connectivity index (χ0v) is 23.1. The maximum atomic E-state index is 13.8. The quantitative estimate of drug-likeness (QED) is 0.303. The number of fused-ring (bicyclic) bond motifs is 1. The lowest BCUT2D eigenvalue weighted by molar-refractivity contribution is -0.119. The van der Waals surface area contributed by atoms with Gasteiger partial charge in [-0.25, -0.2) is 18.1 Å². The van der Waals surface area contributed by atoms with Gasteiger partial charge in [0.05, 0.1) is 11.4 Å². The highest BCUT2D eigenvalue weighted by atomic mass is 32.2. The molecule has 0 spiro atoms. The second kappa shape index (κ2) is 11.6. The molecule has 202 valence electrons. The van der Waals surface area contributed by atoms with Crippen molar-refractivity contribution in [3.05, 3.63) is 114 Å². The Morgan fingerprint density at radius 2 is 1.79 bits per heavy atom. The molecule has 1 amide bonds. The molecule has 1 N–H and O–H groups in total. The molecule has 0 bridgehead atoms. The third kappa shape index (κ3) is 6.13. The molecule has 7 nitrogen and oxygen atoms in total. The maximum Gasteiger partial charge on any atom is 0.241 e. The van der Waals surface area contributed by atoms with Crippen LogP contribution in [-0.4, -0.2) is 23.9 Å². The molecule has 0 radical (unpaired) electrons. The molecule has 0 aliphatic heterocycles. The summed E-state index contributed by atoms with van der Waals surface area (Å²) < 4.78 is 31.1. The summed E-state index contributed by atoms with van der Waals surface area (Å²) in [5.74, 6) is 0.812. The molecule has 2 atom stereocenters. The Balaban J connectivity index is 1.46. The van der Waals surface area contributed by atoms with Crippen molar-refractivity contribution < 1.29 is 13.2 Å². The van der Waals surface area contributed by atoms with Gasteiger partial charge in [-0.1, -0.05) is 61.5 Å². The van der Waals surface area contributed by atoms with E-state index in [1.165, 1.54) is 0 Å². The number of aryl methyl sites for hydroxylation is 2. The molecular formula is C31H34N4O3S. The molecule has 1 aliphatic rings. The van der Waals surface area contributed by atoms with Crippen LogP contribution >= 0.6 is 0 Å². The van der Waals surface area contributed by atoms with Crippen LogP contribution in [-0.2, 0) is 34.8 Å². The molecule has 5 rings (SSSR count). The van der Waals surface area contributed by atoms with E-state index in [0.717, 1.165) is 41.0 Å². The number of anilines is 1. The average Bonchev–Trinajstić information content (AvgIpc) is 3.36. The Morgan fingerprint density at radius 3 is 2.49 bits per heavy atom. The number of rotatable bonds is 9. The van der Waals surface area contributed by atoms with Crippen LogP contribution in [0.1, 0.15) is 60.7 Å². The molecule has 1 heterocycles. The van der Waals surface area contributed by atoms with E-state index in [4.69, 9.17) is 0 Å². The first-order chi connectivity index (χ1) is 18.8. The van der Waals surface area contributed by atoms with Crippen LogP contribution in [0.25, 0.3) is 0 Å². The first-order valence-electron chi connectivity index (χ1n) is 13.3. The van der Waals surface area contributed by atoms with Crippen molar-refractivity contribution in [3.63, 3.8) is 0 Å². The number of sulfonamides is 1. The Labute approximate surface area is 230 Å². The van der Waals surface area contributed by atoms with E-state index < -0.39 is 10.0 Å². The number of carbonyl (C=O) groups is 1. The van der Waals surface area contributed by atoms with Gasteiger partial charge in [0.15, 0.2) is 0 Å². The summed E-state index contributed by atoms with van der Waals surface area (Å²) >= 11 is 0. The van der Waals surface area contributed by atoms with Crippen molar-refractivity contribution in [1.29, 1.82) is 0 Å². The standard InChI is InChI=1S/C31H34N4O3S/c1-23(24-10-5-3-6-11-24)20-31(36)35(22-30-32-18-19-34(30)2)26-17-16-25-12-9-15-29(28(25)21-26)33-39(37,38)27-13-7-4-8-14-27/h3-8,10-11,13-14,16-19,21,23,29,33H,9,12,15,20,22H2,1-2H3/t23-,29-/m1/s1. The van der Waals surface area contributed by atoms with Crippen LogP contribution in [0.3, 0.4) is 0 Å². The number of hydrogen-bond donors (Lipinski definition) is 1. The largest absolute Gasteiger partial charge is 0.337 e. The lowest BCUT2D eigenvalue weighted by atomic mass is 9.87. The number of aromatic nitrogens is 2. The SMILES string of the molecule is C[C@H](CC(=O)N(Cc1nccn1C)c1ccc2c(c1)[C@H](NS(=O)(=O)c1ccccc1)CCC2)c1ccccc1. The van der Waals surface area contributed by atoms with E-state index in [-0.39, 0.29) is 22.8 Å². The monoisotopic (exact) mass is 542 g/mol. The highest BCUT2D eigenvalue weighted by molar-refractivity contribution is 7.89. The van der Waals surface area contributed by atoms with Crippen molar-refractivity contribution in [2.75, 3.05) is 4.90 Å². The first-order valence-corrected chi connectivity index (χ1v) is 14.8. The highest BCUT2D eigenvalue weighted by Crippen LogP contribution is 2.35. The Kier molecular flexibility index (Phi) is 7.95. The molecule has 0 unspecified atom stereocenters. The molecule has 1 aromatic heterocycles. The molecule has 4 aromatic rings. The number of nitrogens with one attached hydrogen (secondary N) is 1. The first kappa shape index (κ1) is 26.8. The lowest BCUT2D eigenvalue weighted by Gasteiger charge is -2.30. The van der Waals surface area contributed by atoms with Crippen LogP contribution in [0.15, 0.2) is 96.2 Å². The average molecular weight is 543 g/mol. The molecule has 3 aromatic carbocycles. The summed E-state index contributed by atoms with van der Waals surface area (Å²) in [6.45, 7) is 2.39. The Hall–Kier alpha value is -3.75. The van der Waals surface area contributed by atoms with E-state index in [1.807, 2.05) is 66.3 Å². The van der Waals surface area contributed by atoms with E-state index >= 15 is 0 Å². The second-order valence-electron chi connectivity index (χ2n) is 10.2. The number of hydrogen-bond acceptors (Lipinski definition) is 4. The number of benzene rings is 3. The maximum absolute atomic E-state index is 13.8. The predicted molar refractivity (Wildman–Crippen MR) is 153 cm³/mol. The molecule has 1 aliphatic carbocycles. The highest BCUT2D eigenvalue weighted by Gasteiger charge is 2.28. The van der Waals surface area contributed by atoms with Gasteiger partial charge in [-0.05, 0) is 66.1 Å². The predicted octanol–water partition coefficient (Wildman–Crippen LogP) is 5.50. The van der Waals surface area contributed by atoms with Gasteiger partial charge < -0.3 is 9.47 Å². The fourth-order valence-electron chi connectivity index (χ4n) is 5.22. The van der Waals surface area contributed by atoms with Crippen molar-refractivity contribution >= 4 is 21.6 Å². The van der Waals surface area contributed by atoms with Crippen molar-refractivity contribution in [2.45, 2.75) is 56.0 Å². The number of imidazole rings is 1. The van der Waals surface area contributed by atoms with E-state index in [0.29, 0.717) is 19.4 Å². The van der Waals surface area contributed by atoms with Crippen molar-refractivity contribution in [1.82, 2.24) is 14.3 Å². The summed E-state index contributed by atoms with van der Waals surface area (Å²) in [7, 11) is -1.77. The van der Waals surface area contributed by atoms with Gasteiger partial charge in [0, 0.05) is 37.6 Å². The minimum absolute atomic E-state index is 0.00784. The van der Waals surface area contributed by atoms with Gasteiger partial charge in [-0.3, -0.25) is 4.79 Å². The van der Waals surface area contributed by atoms with Gasteiger partial charge in [0.25, 0.3) is 0 Å². The van der Waals surface area contributed by atoms with Crippen LogP contribution in [0.4, 0.5) is 5.69 Å². The number of carbonyl (C=O) groups excluding carboxylic acids is 1. The van der Waals surface area contributed by atoms with Crippen LogP contribution in [0.2, 0.25) is 0 Å². The van der Waals surface area contributed by atoms with Crippen molar-refractivity contribution in [2.24, 2.45) is 7.05 Å². The zero-order valence-electron chi connectivity index (χ0n) is 22.3. The zero-order chi connectivity index (χ0) is 27.4. The van der Waals surface area contributed by atoms with Gasteiger partial charge in [-0.2, -0.15) is 0 Å². The Morgan fingerprint density at radius 1 is 1.08 bits per heavy atom. The molecule has 0 saturated heterocycles. The third-order valence-electron chi connectivity index (χ3n) is 7.48. The smallest absolute Gasteiger partial charge is 0.241 e. The summed E-state index contributed by atoms with van der Waals surface area (Å²) in [6, 6.07) is 24.1. The number of amides is 1. The Bertz CT molecular complexity index is 1530. The summed E-state index contributed by atoms with van der Waals surface area (Å²) in [6.07, 6.45) is 6.39. The lowest BCUT2D eigenvalue weighted by Crippen LogP contribution is -2.34. The molecular weight excluding hydrogens is 508 g/mol. The van der Waals surface area contributed by atoms with Gasteiger partial charge in [-0.15, -0.1) is 0 Å². The number of nitrogens with zero attached hydrogens (tertiary/aromatic N) is 3. The minimum Gasteiger partial charge on any atom is -0.337 e. The summed E-state index contributed by atoms with van der Waals surface area (Å²) in [4.78, 5) is 20.3. The third-order valence-corrected chi connectivity index (χ3v) is 8.96. The molecule has 0 fully saturated rings. The fraction of sp³-hybridized carbons (Fsp3) is 0.290. The summed E-state index contributed by atoms with van der Waals surface area (Å²) in [5.41, 5.74) is 3.89. The van der Waals surface area contributed by atoms with Crippen LogP contribution in [0, 0.1) is 0 Å². The van der Waals surface area contributed by atoms with Gasteiger partial charge in [0.2, 0.25) is 15.9 Å². The fourth-order valence-corrected chi connectivity index (χ4v) is 6.49. The van der Waals surface area contributed by atoms with Gasteiger partial charge >= 0.3 is 0 Å². The molecule has 39 heavy (non-hydrogen) atoms. The van der Waals surface area contributed by atoms with Gasteiger partial charge in [0.1, 0.15) is 5.82 Å². The van der Waals surface area contributed by atoms with E-state index in [1.54, 1.807) is 41.4 Å².